The van der Waals surface area contributed by atoms with Crippen molar-refractivity contribution in [1.29, 1.82) is 0 Å². The molecule has 0 fully saturated rings. The Morgan fingerprint density at radius 2 is 1.14 bits per heavy atom. The monoisotopic (exact) mass is 403 g/mol. The molecule has 1 aromatic carbocycles. The van der Waals surface area contributed by atoms with E-state index < -0.39 is 0 Å². The third-order valence-corrected chi connectivity index (χ3v) is 3.99. The number of aryl methyl sites for hydroxylation is 1. The van der Waals surface area contributed by atoms with Gasteiger partial charge in [-0.05, 0) is 31.2 Å². The molecule has 0 saturated heterocycles. The fourth-order valence-corrected chi connectivity index (χ4v) is 2.69. The molecule has 0 saturated carbocycles. The Kier molecular flexibility index (Phi) is 14.8. The van der Waals surface area contributed by atoms with Crippen molar-refractivity contribution in [3.8, 4) is 0 Å². The van der Waals surface area contributed by atoms with Crippen molar-refractivity contribution in [2.24, 2.45) is 0 Å². The molecule has 0 heterocycles. The second-order valence-corrected chi connectivity index (χ2v) is 6.37. The lowest BCUT2D eigenvalue weighted by molar-refractivity contribution is -0.858. The van der Waals surface area contributed by atoms with Crippen LogP contribution in [0.5, 0.6) is 0 Å². The molecule has 0 aromatic heterocycles. The van der Waals surface area contributed by atoms with E-state index in [0.717, 1.165) is 0 Å². The number of rotatable bonds is 12. The molecular formula is C19H34IN. The molecule has 0 aliphatic rings. The van der Waals surface area contributed by atoms with Gasteiger partial charge < -0.3 is 28.9 Å². The molecule has 0 aliphatic carbocycles. The summed E-state index contributed by atoms with van der Waals surface area (Å²) in [5.74, 6) is 0. The Morgan fingerprint density at radius 3 is 1.67 bits per heavy atom. The first-order valence-electron chi connectivity index (χ1n) is 8.62. The van der Waals surface area contributed by atoms with Crippen LogP contribution in [0.3, 0.4) is 0 Å². The maximum absolute atomic E-state index is 2.25. The largest absolute Gasteiger partial charge is 1.00 e. The van der Waals surface area contributed by atoms with Crippen LogP contribution in [0.4, 0.5) is 0 Å². The van der Waals surface area contributed by atoms with Crippen molar-refractivity contribution >= 4 is 0 Å². The van der Waals surface area contributed by atoms with Crippen molar-refractivity contribution in [3.63, 3.8) is 0 Å². The maximum Gasteiger partial charge on any atom is 0.0766 e. The third-order valence-electron chi connectivity index (χ3n) is 3.99. The number of hydrogen-bond donors (Lipinski definition) is 1. The number of quaternary nitrogens is 1. The van der Waals surface area contributed by atoms with Crippen LogP contribution < -0.4 is 28.9 Å². The average Bonchev–Trinajstić information content (AvgIpc) is 2.45. The summed E-state index contributed by atoms with van der Waals surface area (Å²) in [5.41, 5.74) is 1.50. The molecule has 0 atom stereocenters. The van der Waals surface area contributed by atoms with Crippen molar-refractivity contribution in [2.75, 3.05) is 20.6 Å². The Morgan fingerprint density at radius 1 is 0.667 bits per heavy atom. The molecule has 122 valence electrons. The average molecular weight is 403 g/mol. The lowest BCUT2D eigenvalue weighted by atomic mass is 10.0. The summed E-state index contributed by atoms with van der Waals surface area (Å²) in [5, 5.41) is 0. The first-order valence-corrected chi connectivity index (χ1v) is 8.62. The van der Waals surface area contributed by atoms with Crippen molar-refractivity contribution in [2.45, 2.75) is 64.2 Å². The molecule has 0 spiro atoms. The highest BCUT2D eigenvalue weighted by molar-refractivity contribution is 5.14. The quantitative estimate of drug-likeness (QED) is 0.391. The second kappa shape index (κ2) is 14.8. The minimum Gasteiger partial charge on any atom is -1.00 e. The fourth-order valence-electron chi connectivity index (χ4n) is 2.69. The van der Waals surface area contributed by atoms with E-state index in [1.54, 1.807) is 4.90 Å². The highest BCUT2D eigenvalue weighted by atomic mass is 127. The van der Waals surface area contributed by atoms with Crippen LogP contribution >= 0.6 is 0 Å². The summed E-state index contributed by atoms with van der Waals surface area (Å²) in [6.07, 6.45) is 14.0. The normalized spacial score (nSPS) is 10.6. The summed E-state index contributed by atoms with van der Waals surface area (Å²) >= 11 is 0. The lowest BCUT2D eigenvalue weighted by Gasteiger charge is -2.06. The van der Waals surface area contributed by atoms with Gasteiger partial charge in [-0.25, -0.2) is 0 Å². The van der Waals surface area contributed by atoms with E-state index in [9.17, 15) is 0 Å². The summed E-state index contributed by atoms with van der Waals surface area (Å²) in [7, 11) is 4.49. The summed E-state index contributed by atoms with van der Waals surface area (Å²) in [4.78, 5) is 1.59. The predicted molar refractivity (Wildman–Crippen MR) is 89.4 cm³/mol. The topological polar surface area (TPSA) is 4.44 Å². The zero-order chi connectivity index (χ0) is 14.5. The smallest absolute Gasteiger partial charge is 0.0766 e. The van der Waals surface area contributed by atoms with Gasteiger partial charge in [-0.3, -0.25) is 0 Å². The first kappa shape index (κ1) is 20.9. The maximum atomic E-state index is 2.25. The molecule has 1 nitrogen and oxygen atoms in total. The molecule has 0 aliphatic heterocycles. The van der Waals surface area contributed by atoms with Gasteiger partial charge in [-0.1, -0.05) is 68.9 Å². The fraction of sp³-hybridized carbons (Fsp3) is 0.684. The van der Waals surface area contributed by atoms with Crippen LogP contribution in [0.2, 0.25) is 0 Å². The van der Waals surface area contributed by atoms with Crippen LogP contribution in [-0.2, 0) is 6.42 Å². The number of nitrogens with one attached hydrogen (secondary N) is 1. The van der Waals surface area contributed by atoms with E-state index in [2.05, 4.69) is 44.4 Å². The van der Waals surface area contributed by atoms with Gasteiger partial charge in [0.15, 0.2) is 0 Å². The zero-order valence-electron chi connectivity index (χ0n) is 14.0. The highest BCUT2D eigenvalue weighted by Gasteiger charge is 1.96. The number of hydrogen-bond acceptors (Lipinski definition) is 0. The van der Waals surface area contributed by atoms with E-state index in [1.807, 2.05) is 0 Å². The lowest BCUT2D eigenvalue weighted by Crippen LogP contribution is -3.05. The van der Waals surface area contributed by atoms with Crippen LogP contribution in [0.25, 0.3) is 0 Å². The van der Waals surface area contributed by atoms with Crippen LogP contribution in [0.1, 0.15) is 63.4 Å². The second-order valence-electron chi connectivity index (χ2n) is 6.37. The first-order chi connectivity index (χ1) is 9.79. The third kappa shape index (κ3) is 13.3. The van der Waals surface area contributed by atoms with Gasteiger partial charge in [0.1, 0.15) is 0 Å². The van der Waals surface area contributed by atoms with Crippen molar-refractivity contribution in [1.82, 2.24) is 0 Å². The molecule has 0 radical (unpaired) electrons. The van der Waals surface area contributed by atoms with E-state index in [-0.39, 0.29) is 24.0 Å². The minimum atomic E-state index is 0. The zero-order valence-corrected chi connectivity index (χ0v) is 16.2. The van der Waals surface area contributed by atoms with Crippen LogP contribution in [-0.4, -0.2) is 20.6 Å². The summed E-state index contributed by atoms with van der Waals surface area (Å²) in [6, 6.07) is 10.9. The van der Waals surface area contributed by atoms with Gasteiger partial charge in [0.25, 0.3) is 0 Å². The molecule has 0 bridgehead atoms. The van der Waals surface area contributed by atoms with Gasteiger partial charge >= 0.3 is 0 Å². The van der Waals surface area contributed by atoms with Gasteiger partial charge in [0.2, 0.25) is 0 Å². The Balaban J connectivity index is 0.00000400. The van der Waals surface area contributed by atoms with Gasteiger partial charge in [0.05, 0.1) is 20.6 Å². The summed E-state index contributed by atoms with van der Waals surface area (Å²) in [6.45, 7) is 1.33. The molecule has 1 rings (SSSR count). The summed E-state index contributed by atoms with van der Waals surface area (Å²) < 4.78 is 0. The number of unbranched alkanes of at least 4 members (excludes halogenated alkanes) is 8. The molecule has 1 N–H and O–H groups in total. The molecule has 21 heavy (non-hydrogen) atoms. The Hall–Kier alpha value is -0.0900. The van der Waals surface area contributed by atoms with E-state index in [4.69, 9.17) is 0 Å². The SMILES string of the molecule is C[NH+](C)CCCCCCCCCCCc1ccccc1.[I-]. The van der Waals surface area contributed by atoms with Crippen LogP contribution in [0.15, 0.2) is 30.3 Å². The van der Waals surface area contributed by atoms with Crippen molar-refractivity contribution < 1.29 is 28.9 Å². The molecule has 2 heteroatoms. The van der Waals surface area contributed by atoms with Crippen molar-refractivity contribution in [3.05, 3.63) is 35.9 Å². The van der Waals surface area contributed by atoms with Gasteiger partial charge in [0, 0.05) is 0 Å². The Labute approximate surface area is 149 Å². The molecule has 0 unspecified atom stereocenters. The molecular weight excluding hydrogens is 369 g/mol. The van der Waals surface area contributed by atoms with E-state index in [1.165, 1.54) is 76.3 Å². The number of benzene rings is 1. The van der Waals surface area contributed by atoms with E-state index in [0.29, 0.717) is 0 Å². The van der Waals surface area contributed by atoms with Crippen LogP contribution in [0, 0.1) is 0 Å². The van der Waals surface area contributed by atoms with Gasteiger partial charge in [-0.15, -0.1) is 0 Å². The molecule has 0 amide bonds. The molecule has 1 aromatic rings. The Bertz CT molecular complexity index is 311. The predicted octanol–water partition coefficient (Wildman–Crippen LogP) is 0.889. The highest BCUT2D eigenvalue weighted by Crippen LogP contribution is 2.11. The standard InChI is InChI=1S/C19H33N.HI/c1-20(2)18-14-9-7-5-3-4-6-8-11-15-19-16-12-10-13-17-19;/h10,12-13,16-17H,3-9,11,14-15,18H2,1-2H3;1H. The van der Waals surface area contributed by atoms with E-state index >= 15 is 0 Å². The minimum absolute atomic E-state index is 0. The van der Waals surface area contributed by atoms with Gasteiger partial charge in [-0.2, -0.15) is 0 Å². The number of halogens is 1.